The Kier molecular flexibility index (Phi) is 4.28. The molecule has 0 unspecified atom stereocenters. The third-order valence-electron chi connectivity index (χ3n) is 4.69. The summed E-state index contributed by atoms with van der Waals surface area (Å²) in [5.41, 5.74) is 1.90. The predicted octanol–water partition coefficient (Wildman–Crippen LogP) is 2.00. The zero-order valence-electron chi connectivity index (χ0n) is 13.9. The van der Waals surface area contributed by atoms with Crippen molar-refractivity contribution in [2.75, 3.05) is 13.1 Å². The molecule has 0 bridgehead atoms. The highest BCUT2D eigenvalue weighted by atomic mass is 16.2. The second kappa shape index (κ2) is 6.88. The fraction of sp³-hybridized carbons (Fsp3) is 0.333. The van der Waals surface area contributed by atoms with E-state index in [1.807, 2.05) is 50.8 Å². The van der Waals surface area contributed by atoms with Crippen LogP contribution in [0.25, 0.3) is 0 Å². The molecule has 4 rings (SSSR count). The lowest BCUT2D eigenvalue weighted by molar-refractivity contribution is 0.0689. The number of rotatable bonds is 4. The van der Waals surface area contributed by atoms with E-state index in [4.69, 9.17) is 0 Å². The number of carbonyl (C=O) groups excluding carboxylic acids is 1. The van der Waals surface area contributed by atoms with Gasteiger partial charge in [0, 0.05) is 43.8 Å². The number of piperidine rings is 1. The van der Waals surface area contributed by atoms with Gasteiger partial charge >= 0.3 is 0 Å². The minimum absolute atomic E-state index is 0.103. The smallest absolute Gasteiger partial charge is 0.253 e. The highest BCUT2D eigenvalue weighted by molar-refractivity contribution is 5.94. The maximum atomic E-state index is 12.7. The van der Waals surface area contributed by atoms with E-state index < -0.39 is 0 Å². The van der Waals surface area contributed by atoms with Gasteiger partial charge in [0.1, 0.15) is 0 Å². The summed E-state index contributed by atoms with van der Waals surface area (Å²) in [6, 6.07) is 8.19. The van der Waals surface area contributed by atoms with Crippen LogP contribution in [0.3, 0.4) is 0 Å². The number of amides is 1. The van der Waals surface area contributed by atoms with Gasteiger partial charge in [-0.15, -0.1) is 5.10 Å². The first-order chi connectivity index (χ1) is 12.3. The molecule has 2 aromatic heterocycles. The van der Waals surface area contributed by atoms with E-state index in [1.165, 1.54) is 0 Å². The highest BCUT2D eigenvalue weighted by Crippen LogP contribution is 2.22. The zero-order chi connectivity index (χ0) is 17.1. The molecule has 1 aliphatic rings. The quantitative estimate of drug-likeness (QED) is 0.731. The van der Waals surface area contributed by atoms with Gasteiger partial charge in [-0.25, -0.2) is 9.67 Å². The van der Waals surface area contributed by atoms with E-state index in [9.17, 15) is 4.79 Å². The molecule has 7 heteroatoms. The number of aromatic nitrogens is 5. The molecule has 1 fully saturated rings. The van der Waals surface area contributed by atoms with Gasteiger partial charge in [-0.05, 0) is 30.5 Å². The topological polar surface area (TPSA) is 68.8 Å². The zero-order valence-corrected chi connectivity index (χ0v) is 13.9. The largest absolute Gasteiger partial charge is 0.338 e. The first-order valence-corrected chi connectivity index (χ1v) is 8.49. The summed E-state index contributed by atoms with van der Waals surface area (Å²) in [5.74, 6) is 0.103. The summed E-state index contributed by atoms with van der Waals surface area (Å²) >= 11 is 0. The summed E-state index contributed by atoms with van der Waals surface area (Å²) in [7, 11) is 0. The van der Waals surface area contributed by atoms with Gasteiger partial charge in [0.15, 0.2) is 0 Å². The van der Waals surface area contributed by atoms with Gasteiger partial charge in [0.25, 0.3) is 5.91 Å². The number of benzene rings is 1. The predicted molar refractivity (Wildman–Crippen MR) is 92.0 cm³/mol. The fourth-order valence-corrected chi connectivity index (χ4v) is 3.27. The van der Waals surface area contributed by atoms with Crippen molar-refractivity contribution < 1.29 is 4.79 Å². The molecule has 1 aliphatic heterocycles. The van der Waals surface area contributed by atoms with Crippen LogP contribution in [-0.4, -0.2) is 48.4 Å². The average Bonchev–Trinajstić information content (AvgIpc) is 3.36. The molecule has 128 valence electrons. The van der Waals surface area contributed by atoms with Crippen LogP contribution in [0.2, 0.25) is 0 Å². The maximum absolute atomic E-state index is 12.7. The number of likely N-dealkylation sites (tertiary alicyclic amines) is 1. The van der Waals surface area contributed by atoms with Gasteiger partial charge in [0.2, 0.25) is 0 Å². The van der Waals surface area contributed by atoms with Crippen LogP contribution < -0.4 is 0 Å². The Morgan fingerprint density at radius 1 is 1.08 bits per heavy atom. The van der Waals surface area contributed by atoms with E-state index in [-0.39, 0.29) is 5.91 Å². The Balaban J connectivity index is 1.36. The van der Waals surface area contributed by atoms with Crippen LogP contribution >= 0.6 is 0 Å². The number of carbonyl (C=O) groups is 1. The molecule has 0 radical (unpaired) electrons. The van der Waals surface area contributed by atoms with Gasteiger partial charge in [-0.2, -0.15) is 0 Å². The standard InChI is InChI=1S/C18H20N6O/c25-18(23-9-5-17(6-10-23)24-12-8-20-21-24)16-3-1-15(2-4-16)13-22-11-7-19-14-22/h1-4,7-8,11-12,14,17H,5-6,9-10,13H2. The van der Waals surface area contributed by atoms with Crippen molar-refractivity contribution in [3.8, 4) is 0 Å². The molecule has 3 heterocycles. The van der Waals surface area contributed by atoms with Crippen molar-refractivity contribution >= 4 is 5.91 Å². The van der Waals surface area contributed by atoms with Crippen LogP contribution in [0.4, 0.5) is 0 Å². The van der Waals surface area contributed by atoms with Crippen molar-refractivity contribution in [2.24, 2.45) is 0 Å². The van der Waals surface area contributed by atoms with Gasteiger partial charge in [-0.3, -0.25) is 4.79 Å². The Hall–Kier alpha value is -2.96. The van der Waals surface area contributed by atoms with Gasteiger partial charge in [0.05, 0.1) is 18.6 Å². The average molecular weight is 336 g/mol. The van der Waals surface area contributed by atoms with Crippen molar-refractivity contribution in [1.29, 1.82) is 0 Å². The molecule has 0 spiro atoms. The summed E-state index contributed by atoms with van der Waals surface area (Å²) in [6.07, 6.45) is 10.9. The first-order valence-electron chi connectivity index (χ1n) is 8.49. The second-order valence-electron chi connectivity index (χ2n) is 6.34. The first kappa shape index (κ1) is 15.6. The third-order valence-corrected chi connectivity index (χ3v) is 4.69. The summed E-state index contributed by atoms with van der Waals surface area (Å²) in [6.45, 7) is 2.26. The molecule has 1 aromatic carbocycles. The number of nitrogens with zero attached hydrogens (tertiary/aromatic N) is 6. The van der Waals surface area contributed by atoms with Gasteiger partial charge in [-0.1, -0.05) is 17.3 Å². The van der Waals surface area contributed by atoms with Crippen molar-refractivity contribution in [1.82, 2.24) is 29.4 Å². The fourth-order valence-electron chi connectivity index (χ4n) is 3.27. The summed E-state index contributed by atoms with van der Waals surface area (Å²) in [4.78, 5) is 18.7. The van der Waals surface area contributed by atoms with E-state index in [0.717, 1.165) is 43.6 Å². The monoisotopic (exact) mass is 336 g/mol. The molecule has 25 heavy (non-hydrogen) atoms. The second-order valence-corrected chi connectivity index (χ2v) is 6.34. The molecular formula is C18H20N6O. The SMILES string of the molecule is O=C(c1ccc(Cn2ccnc2)cc1)N1CCC(n2ccnn2)CC1. The van der Waals surface area contributed by atoms with Gasteiger partial charge < -0.3 is 9.47 Å². The van der Waals surface area contributed by atoms with E-state index in [1.54, 1.807) is 18.7 Å². The molecule has 0 atom stereocenters. The van der Waals surface area contributed by atoms with Crippen molar-refractivity contribution in [3.05, 3.63) is 66.5 Å². The maximum Gasteiger partial charge on any atom is 0.253 e. The molecule has 0 aliphatic carbocycles. The number of imidazole rings is 1. The molecule has 0 N–H and O–H groups in total. The minimum Gasteiger partial charge on any atom is -0.338 e. The van der Waals surface area contributed by atoms with Crippen LogP contribution in [0, 0.1) is 0 Å². The van der Waals surface area contributed by atoms with Crippen LogP contribution in [0.5, 0.6) is 0 Å². The van der Waals surface area contributed by atoms with Crippen molar-refractivity contribution in [2.45, 2.75) is 25.4 Å². The molecule has 1 saturated heterocycles. The highest BCUT2D eigenvalue weighted by Gasteiger charge is 2.24. The summed E-state index contributed by atoms with van der Waals surface area (Å²) < 4.78 is 3.90. The van der Waals surface area contributed by atoms with E-state index in [2.05, 4.69) is 15.3 Å². The minimum atomic E-state index is 0.103. The lowest BCUT2D eigenvalue weighted by Crippen LogP contribution is -2.39. The summed E-state index contributed by atoms with van der Waals surface area (Å²) in [5, 5.41) is 7.93. The van der Waals surface area contributed by atoms with Crippen LogP contribution in [-0.2, 0) is 6.54 Å². The molecule has 7 nitrogen and oxygen atoms in total. The third kappa shape index (κ3) is 3.45. The number of hydrogen-bond donors (Lipinski definition) is 0. The Morgan fingerprint density at radius 2 is 1.88 bits per heavy atom. The molecular weight excluding hydrogens is 316 g/mol. The van der Waals surface area contributed by atoms with Crippen molar-refractivity contribution in [3.63, 3.8) is 0 Å². The van der Waals surface area contributed by atoms with E-state index >= 15 is 0 Å². The Morgan fingerprint density at radius 3 is 2.52 bits per heavy atom. The molecule has 3 aromatic rings. The molecule has 0 saturated carbocycles. The van der Waals surface area contributed by atoms with Crippen LogP contribution in [0.15, 0.2) is 55.4 Å². The normalized spacial score (nSPS) is 15.4. The van der Waals surface area contributed by atoms with Crippen LogP contribution in [0.1, 0.15) is 34.8 Å². The molecule has 1 amide bonds. The number of hydrogen-bond acceptors (Lipinski definition) is 4. The lowest BCUT2D eigenvalue weighted by Gasteiger charge is -2.31. The van der Waals surface area contributed by atoms with E-state index in [0.29, 0.717) is 6.04 Å². The Bertz CT molecular complexity index is 802. The lowest BCUT2D eigenvalue weighted by atomic mass is 10.0. The Labute approximate surface area is 145 Å².